The summed E-state index contributed by atoms with van der Waals surface area (Å²) in [6.07, 6.45) is 0.443. The molecule has 0 radical (unpaired) electrons. The second-order valence-electron chi connectivity index (χ2n) is 5.16. The van der Waals surface area contributed by atoms with Gasteiger partial charge < -0.3 is 15.2 Å². The molecule has 0 aliphatic rings. The lowest BCUT2D eigenvalue weighted by atomic mass is 10.1. The van der Waals surface area contributed by atoms with Crippen LogP contribution < -0.4 is 10.6 Å². The summed E-state index contributed by atoms with van der Waals surface area (Å²) in [5.74, 6) is 1.08. The first kappa shape index (κ1) is 16.0. The van der Waals surface area contributed by atoms with Gasteiger partial charge in [-0.25, -0.2) is 4.79 Å². The van der Waals surface area contributed by atoms with Crippen LogP contribution >= 0.6 is 11.6 Å². The summed E-state index contributed by atoms with van der Waals surface area (Å²) in [5, 5.41) is 9.96. The molecule has 6 nitrogen and oxygen atoms in total. The van der Waals surface area contributed by atoms with Gasteiger partial charge in [0.25, 0.3) is 0 Å². The molecule has 0 aliphatic carbocycles. The number of rotatable bonds is 4. The van der Waals surface area contributed by atoms with Gasteiger partial charge in [0, 0.05) is 16.4 Å². The molecule has 24 heavy (non-hydrogen) atoms. The molecule has 0 atom stereocenters. The van der Waals surface area contributed by atoms with Gasteiger partial charge in [-0.05, 0) is 42.8 Å². The molecule has 0 bridgehead atoms. The van der Waals surface area contributed by atoms with Gasteiger partial charge in [0.05, 0.1) is 6.42 Å². The highest BCUT2D eigenvalue weighted by Gasteiger charge is 2.10. The molecule has 0 aliphatic heterocycles. The highest BCUT2D eigenvalue weighted by Crippen LogP contribution is 2.19. The van der Waals surface area contributed by atoms with Gasteiger partial charge in [-0.1, -0.05) is 35.0 Å². The van der Waals surface area contributed by atoms with E-state index in [9.17, 15) is 4.79 Å². The molecule has 3 aromatic rings. The zero-order valence-corrected chi connectivity index (χ0v) is 13.7. The third-order valence-electron chi connectivity index (χ3n) is 3.28. The zero-order chi connectivity index (χ0) is 16.9. The minimum atomic E-state index is -0.341. The smallest absolute Gasteiger partial charge is 0.323 e. The number of hydrogen-bond donors (Lipinski definition) is 2. The van der Waals surface area contributed by atoms with Crippen LogP contribution in [0.4, 0.5) is 16.2 Å². The van der Waals surface area contributed by atoms with Crippen LogP contribution in [0.2, 0.25) is 5.02 Å². The molecule has 2 aromatic carbocycles. The number of aryl methyl sites for hydroxylation is 1. The van der Waals surface area contributed by atoms with E-state index < -0.39 is 0 Å². The van der Waals surface area contributed by atoms with E-state index in [1.54, 1.807) is 31.2 Å². The predicted molar refractivity (Wildman–Crippen MR) is 92.4 cm³/mol. The summed E-state index contributed by atoms with van der Waals surface area (Å²) in [6.45, 7) is 1.76. The number of benzene rings is 2. The maximum absolute atomic E-state index is 12.2. The van der Waals surface area contributed by atoms with Crippen LogP contribution in [0.5, 0.6) is 0 Å². The van der Waals surface area contributed by atoms with Crippen molar-refractivity contribution in [2.75, 3.05) is 10.6 Å². The average molecular weight is 343 g/mol. The molecule has 1 aromatic heterocycles. The van der Waals surface area contributed by atoms with Crippen LogP contribution in [0.1, 0.15) is 17.3 Å². The summed E-state index contributed by atoms with van der Waals surface area (Å²) >= 11 is 5.83. The Balaban J connectivity index is 1.70. The first-order valence-electron chi connectivity index (χ1n) is 7.31. The number of amides is 2. The summed E-state index contributed by atoms with van der Waals surface area (Å²) in [4.78, 5) is 16.4. The Kier molecular flexibility index (Phi) is 4.77. The fraction of sp³-hybridized carbons (Fsp3) is 0.118. The van der Waals surface area contributed by atoms with Crippen molar-refractivity contribution >= 4 is 29.0 Å². The fourth-order valence-electron chi connectivity index (χ4n) is 2.19. The quantitative estimate of drug-likeness (QED) is 0.742. The van der Waals surface area contributed by atoms with E-state index in [0.29, 0.717) is 34.5 Å². The number of hydrogen-bond acceptors (Lipinski definition) is 4. The second-order valence-corrected chi connectivity index (χ2v) is 5.59. The van der Waals surface area contributed by atoms with Crippen LogP contribution in [0, 0.1) is 6.92 Å². The molecule has 0 spiro atoms. The summed E-state index contributed by atoms with van der Waals surface area (Å²) < 4.78 is 5.13. The van der Waals surface area contributed by atoms with Crippen LogP contribution in [0.15, 0.2) is 53.1 Å². The van der Waals surface area contributed by atoms with Crippen molar-refractivity contribution < 1.29 is 9.32 Å². The maximum Gasteiger partial charge on any atom is 0.323 e. The van der Waals surface area contributed by atoms with Crippen LogP contribution in [0.3, 0.4) is 0 Å². The molecule has 0 fully saturated rings. The molecule has 1 heterocycles. The average Bonchev–Trinajstić information content (AvgIpc) is 2.97. The molecular formula is C17H15ClN4O2. The Labute approximate surface area is 143 Å². The van der Waals surface area contributed by atoms with Gasteiger partial charge in [0.1, 0.15) is 0 Å². The monoisotopic (exact) mass is 342 g/mol. The number of halogens is 1. The number of carbonyl (C=O) groups excluding carboxylic acids is 1. The summed E-state index contributed by atoms with van der Waals surface area (Å²) in [5.41, 5.74) is 2.22. The number of nitrogens with one attached hydrogen (secondary N) is 2. The van der Waals surface area contributed by atoms with Gasteiger partial charge >= 0.3 is 6.03 Å². The third kappa shape index (κ3) is 4.11. The SMILES string of the molecule is Cc1noc(Cc2ccccc2NC(=O)Nc2ccc(Cl)cc2)n1. The first-order valence-corrected chi connectivity index (χ1v) is 7.68. The molecular weight excluding hydrogens is 328 g/mol. The van der Waals surface area contributed by atoms with Crippen molar-refractivity contribution in [1.29, 1.82) is 0 Å². The van der Waals surface area contributed by atoms with Crippen LogP contribution in [-0.2, 0) is 6.42 Å². The topological polar surface area (TPSA) is 80.0 Å². The van der Waals surface area contributed by atoms with E-state index in [1.807, 2.05) is 24.3 Å². The largest absolute Gasteiger partial charge is 0.339 e. The van der Waals surface area contributed by atoms with E-state index >= 15 is 0 Å². The lowest BCUT2D eigenvalue weighted by molar-refractivity contribution is 0.262. The normalized spacial score (nSPS) is 10.4. The molecule has 7 heteroatoms. The van der Waals surface area contributed by atoms with Gasteiger partial charge in [0.2, 0.25) is 5.89 Å². The van der Waals surface area contributed by atoms with E-state index in [2.05, 4.69) is 20.8 Å². The lowest BCUT2D eigenvalue weighted by Gasteiger charge is -2.11. The van der Waals surface area contributed by atoms with Gasteiger partial charge in [-0.15, -0.1) is 0 Å². The summed E-state index contributed by atoms with van der Waals surface area (Å²) in [7, 11) is 0. The number of carbonyl (C=O) groups is 1. The van der Waals surface area contributed by atoms with Crippen molar-refractivity contribution in [3.8, 4) is 0 Å². The molecule has 122 valence electrons. The van der Waals surface area contributed by atoms with Gasteiger partial charge in [-0.2, -0.15) is 4.98 Å². The molecule has 2 N–H and O–H groups in total. The highest BCUT2D eigenvalue weighted by molar-refractivity contribution is 6.30. The number of urea groups is 1. The summed E-state index contributed by atoms with van der Waals surface area (Å²) in [6, 6.07) is 14.0. The zero-order valence-electron chi connectivity index (χ0n) is 12.9. The van der Waals surface area contributed by atoms with Crippen LogP contribution in [-0.4, -0.2) is 16.2 Å². The first-order chi connectivity index (χ1) is 11.6. The third-order valence-corrected chi connectivity index (χ3v) is 3.53. The molecule has 2 amide bonds. The van der Waals surface area contributed by atoms with E-state index in [-0.39, 0.29) is 6.03 Å². The van der Waals surface area contributed by atoms with Gasteiger partial charge in [-0.3, -0.25) is 0 Å². The van der Waals surface area contributed by atoms with E-state index in [4.69, 9.17) is 16.1 Å². The van der Waals surface area contributed by atoms with E-state index in [1.165, 1.54) is 0 Å². The number of para-hydroxylation sites is 1. The minimum Gasteiger partial charge on any atom is -0.339 e. The van der Waals surface area contributed by atoms with Gasteiger partial charge in [0.15, 0.2) is 5.82 Å². The van der Waals surface area contributed by atoms with Crippen molar-refractivity contribution in [3.63, 3.8) is 0 Å². The molecule has 3 rings (SSSR count). The molecule has 0 saturated heterocycles. The second kappa shape index (κ2) is 7.14. The predicted octanol–water partition coefficient (Wildman–Crippen LogP) is 4.27. The Morgan fingerprint density at radius 3 is 2.58 bits per heavy atom. The number of anilines is 2. The Bertz CT molecular complexity index is 846. The highest BCUT2D eigenvalue weighted by atomic mass is 35.5. The maximum atomic E-state index is 12.2. The van der Waals surface area contributed by atoms with Crippen molar-refractivity contribution in [2.45, 2.75) is 13.3 Å². The Hall–Kier alpha value is -2.86. The van der Waals surface area contributed by atoms with Crippen molar-refractivity contribution in [3.05, 3.63) is 70.8 Å². The van der Waals surface area contributed by atoms with Crippen molar-refractivity contribution in [1.82, 2.24) is 10.1 Å². The number of aromatic nitrogens is 2. The number of nitrogens with zero attached hydrogens (tertiary/aromatic N) is 2. The minimum absolute atomic E-state index is 0.341. The Morgan fingerprint density at radius 1 is 1.12 bits per heavy atom. The Morgan fingerprint density at radius 2 is 1.88 bits per heavy atom. The van der Waals surface area contributed by atoms with Crippen molar-refractivity contribution in [2.24, 2.45) is 0 Å². The molecule has 0 saturated carbocycles. The lowest BCUT2D eigenvalue weighted by Crippen LogP contribution is -2.20. The molecule has 0 unspecified atom stereocenters. The standard InChI is InChI=1S/C17H15ClN4O2/c1-11-19-16(24-22-11)10-12-4-2-3-5-15(12)21-17(23)20-14-8-6-13(18)7-9-14/h2-9H,10H2,1H3,(H2,20,21,23). The van der Waals surface area contributed by atoms with E-state index in [0.717, 1.165) is 5.56 Å². The fourth-order valence-corrected chi connectivity index (χ4v) is 2.32. The van der Waals surface area contributed by atoms with Crippen LogP contribution in [0.25, 0.3) is 0 Å².